The highest BCUT2D eigenvalue weighted by atomic mass is 16.7. The van der Waals surface area contributed by atoms with Crippen LogP contribution in [0.1, 0.15) is 18.4 Å². The summed E-state index contributed by atoms with van der Waals surface area (Å²) in [6.45, 7) is 3.02. The Kier molecular flexibility index (Phi) is 3.16. The SMILES string of the molecule is c1cc2c(cc1CNC[C@H]1CCCO1)OCO2. The third-order valence-electron chi connectivity index (χ3n) is 3.16. The van der Waals surface area contributed by atoms with E-state index in [0.717, 1.165) is 31.2 Å². The number of fused-ring (bicyclic) bond motifs is 1. The number of hydrogen-bond acceptors (Lipinski definition) is 4. The quantitative estimate of drug-likeness (QED) is 0.862. The predicted octanol–water partition coefficient (Wildman–Crippen LogP) is 1.68. The summed E-state index contributed by atoms with van der Waals surface area (Å²) in [6, 6.07) is 6.06. The van der Waals surface area contributed by atoms with Gasteiger partial charge in [-0.05, 0) is 30.5 Å². The van der Waals surface area contributed by atoms with Gasteiger partial charge in [0.15, 0.2) is 11.5 Å². The van der Waals surface area contributed by atoms with Crippen LogP contribution in [0.5, 0.6) is 11.5 Å². The summed E-state index contributed by atoms with van der Waals surface area (Å²) in [7, 11) is 0. The van der Waals surface area contributed by atoms with Gasteiger partial charge < -0.3 is 19.5 Å². The molecule has 92 valence electrons. The molecule has 3 rings (SSSR count). The zero-order chi connectivity index (χ0) is 11.5. The van der Waals surface area contributed by atoms with Crippen molar-refractivity contribution in [2.75, 3.05) is 19.9 Å². The second-order valence-corrected chi connectivity index (χ2v) is 4.45. The highest BCUT2D eigenvalue weighted by Crippen LogP contribution is 2.32. The van der Waals surface area contributed by atoms with Crippen LogP contribution in [0, 0.1) is 0 Å². The van der Waals surface area contributed by atoms with Crippen molar-refractivity contribution in [2.45, 2.75) is 25.5 Å². The molecule has 1 aromatic rings. The Morgan fingerprint density at radius 1 is 1.24 bits per heavy atom. The maximum atomic E-state index is 5.56. The first-order chi connectivity index (χ1) is 8.42. The van der Waals surface area contributed by atoms with Crippen molar-refractivity contribution in [3.63, 3.8) is 0 Å². The molecule has 1 atom stereocenters. The Labute approximate surface area is 101 Å². The van der Waals surface area contributed by atoms with Crippen LogP contribution in [0.4, 0.5) is 0 Å². The van der Waals surface area contributed by atoms with E-state index >= 15 is 0 Å². The van der Waals surface area contributed by atoms with E-state index in [9.17, 15) is 0 Å². The molecule has 0 aromatic heterocycles. The number of hydrogen-bond donors (Lipinski definition) is 1. The van der Waals surface area contributed by atoms with Crippen molar-refractivity contribution in [1.29, 1.82) is 0 Å². The Balaban J connectivity index is 1.51. The van der Waals surface area contributed by atoms with E-state index < -0.39 is 0 Å². The lowest BCUT2D eigenvalue weighted by atomic mass is 10.2. The number of benzene rings is 1. The minimum absolute atomic E-state index is 0.335. The number of nitrogens with one attached hydrogen (secondary N) is 1. The zero-order valence-electron chi connectivity index (χ0n) is 9.78. The molecular formula is C13H17NO3. The molecular weight excluding hydrogens is 218 g/mol. The molecule has 0 spiro atoms. The van der Waals surface area contributed by atoms with E-state index in [2.05, 4.69) is 11.4 Å². The molecule has 17 heavy (non-hydrogen) atoms. The van der Waals surface area contributed by atoms with Crippen molar-refractivity contribution in [3.8, 4) is 11.5 Å². The Hall–Kier alpha value is -1.26. The van der Waals surface area contributed by atoms with E-state index in [1.807, 2.05) is 12.1 Å². The third kappa shape index (κ3) is 2.53. The van der Waals surface area contributed by atoms with Gasteiger partial charge in [0.2, 0.25) is 6.79 Å². The first-order valence-electron chi connectivity index (χ1n) is 6.13. The smallest absolute Gasteiger partial charge is 0.231 e. The summed E-state index contributed by atoms with van der Waals surface area (Å²) in [5, 5.41) is 3.41. The molecule has 0 radical (unpaired) electrons. The normalized spacial score (nSPS) is 22.0. The van der Waals surface area contributed by atoms with Gasteiger partial charge in [-0.3, -0.25) is 0 Å². The molecule has 4 heteroatoms. The lowest BCUT2D eigenvalue weighted by molar-refractivity contribution is 0.110. The Morgan fingerprint density at radius 3 is 3.06 bits per heavy atom. The minimum Gasteiger partial charge on any atom is -0.454 e. The summed E-state index contributed by atoms with van der Waals surface area (Å²) in [5.74, 6) is 1.69. The molecule has 0 aliphatic carbocycles. The topological polar surface area (TPSA) is 39.7 Å². The fraction of sp³-hybridized carbons (Fsp3) is 0.538. The van der Waals surface area contributed by atoms with Crippen molar-refractivity contribution in [2.24, 2.45) is 0 Å². The molecule has 1 saturated heterocycles. The fourth-order valence-corrected chi connectivity index (χ4v) is 2.23. The van der Waals surface area contributed by atoms with Crippen LogP contribution in [0.25, 0.3) is 0 Å². The fourth-order valence-electron chi connectivity index (χ4n) is 2.23. The van der Waals surface area contributed by atoms with E-state index in [1.165, 1.54) is 18.4 Å². The average Bonchev–Trinajstić information content (AvgIpc) is 2.98. The summed E-state index contributed by atoms with van der Waals surface area (Å²) >= 11 is 0. The molecule has 1 fully saturated rings. The van der Waals surface area contributed by atoms with E-state index in [4.69, 9.17) is 14.2 Å². The summed E-state index contributed by atoms with van der Waals surface area (Å²) in [4.78, 5) is 0. The van der Waals surface area contributed by atoms with Crippen LogP contribution >= 0.6 is 0 Å². The summed E-state index contributed by atoms with van der Waals surface area (Å²) in [6.07, 6.45) is 2.76. The van der Waals surface area contributed by atoms with E-state index in [1.54, 1.807) is 0 Å². The number of ether oxygens (including phenoxy) is 3. The molecule has 0 unspecified atom stereocenters. The van der Waals surface area contributed by atoms with Gasteiger partial charge in [-0.2, -0.15) is 0 Å². The Bertz CT molecular complexity index is 388. The van der Waals surface area contributed by atoms with Gasteiger partial charge in [-0.15, -0.1) is 0 Å². The maximum absolute atomic E-state index is 5.56. The van der Waals surface area contributed by atoms with Crippen LogP contribution in [0.3, 0.4) is 0 Å². The highest BCUT2D eigenvalue weighted by Gasteiger charge is 2.15. The van der Waals surface area contributed by atoms with Gasteiger partial charge in [0.05, 0.1) is 6.10 Å². The number of rotatable bonds is 4. The first kappa shape index (κ1) is 10.9. The summed E-state index contributed by atoms with van der Waals surface area (Å²) < 4.78 is 16.2. The van der Waals surface area contributed by atoms with Gasteiger partial charge in [0.1, 0.15) is 0 Å². The van der Waals surface area contributed by atoms with E-state index in [0.29, 0.717) is 12.9 Å². The summed E-state index contributed by atoms with van der Waals surface area (Å²) in [5.41, 5.74) is 1.22. The largest absolute Gasteiger partial charge is 0.454 e. The molecule has 1 N–H and O–H groups in total. The first-order valence-corrected chi connectivity index (χ1v) is 6.13. The highest BCUT2D eigenvalue weighted by molar-refractivity contribution is 5.44. The van der Waals surface area contributed by atoms with Crippen LogP contribution in [0.15, 0.2) is 18.2 Å². The Morgan fingerprint density at radius 2 is 2.18 bits per heavy atom. The van der Waals surface area contributed by atoms with Gasteiger partial charge >= 0.3 is 0 Å². The van der Waals surface area contributed by atoms with Crippen LogP contribution in [0.2, 0.25) is 0 Å². The molecule has 4 nitrogen and oxygen atoms in total. The predicted molar refractivity (Wildman–Crippen MR) is 63.2 cm³/mol. The van der Waals surface area contributed by atoms with Crippen molar-refractivity contribution in [1.82, 2.24) is 5.32 Å². The van der Waals surface area contributed by atoms with Crippen LogP contribution < -0.4 is 14.8 Å². The second-order valence-electron chi connectivity index (χ2n) is 4.45. The second kappa shape index (κ2) is 4.94. The monoisotopic (exact) mass is 235 g/mol. The zero-order valence-corrected chi connectivity index (χ0v) is 9.78. The van der Waals surface area contributed by atoms with Crippen molar-refractivity contribution in [3.05, 3.63) is 23.8 Å². The lowest BCUT2D eigenvalue weighted by Crippen LogP contribution is -2.25. The maximum Gasteiger partial charge on any atom is 0.231 e. The molecule has 0 saturated carbocycles. The van der Waals surface area contributed by atoms with Crippen LogP contribution in [-0.4, -0.2) is 26.0 Å². The van der Waals surface area contributed by atoms with Gasteiger partial charge in [0, 0.05) is 19.7 Å². The van der Waals surface area contributed by atoms with Crippen LogP contribution in [-0.2, 0) is 11.3 Å². The molecule has 2 heterocycles. The van der Waals surface area contributed by atoms with Gasteiger partial charge in [-0.1, -0.05) is 6.07 Å². The molecule has 1 aromatic carbocycles. The van der Waals surface area contributed by atoms with Crippen molar-refractivity contribution < 1.29 is 14.2 Å². The third-order valence-corrected chi connectivity index (χ3v) is 3.16. The molecule has 0 bridgehead atoms. The van der Waals surface area contributed by atoms with Gasteiger partial charge in [0.25, 0.3) is 0 Å². The standard InChI is InChI=1S/C13H17NO3/c1-2-11(15-5-1)8-14-7-10-3-4-12-13(6-10)17-9-16-12/h3-4,6,11,14H,1-2,5,7-9H2/t11-/m1/s1. The molecule has 0 amide bonds. The average molecular weight is 235 g/mol. The molecule has 2 aliphatic rings. The van der Waals surface area contributed by atoms with Crippen molar-refractivity contribution >= 4 is 0 Å². The van der Waals surface area contributed by atoms with E-state index in [-0.39, 0.29) is 0 Å². The van der Waals surface area contributed by atoms with Gasteiger partial charge in [-0.25, -0.2) is 0 Å². The molecule has 2 aliphatic heterocycles. The lowest BCUT2D eigenvalue weighted by Gasteiger charge is -2.10. The minimum atomic E-state index is 0.335.